The first-order chi connectivity index (χ1) is 18.7. The summed E-state index contributed by atoms with van der Waals surface area (Å²) in [5, 5.41) is 5.33. The summed E-state index contributed by atoms with van der Waals surface area (Å²) in [5.74, 6) is -3.21. The molecule has 0 atom stereocenters. The van der Waals surface area contributed by atoms with Gasteiger partial charge in [0.2, 0.25) is 11.8 Å². The molecule has 4 aromatic rings. The van der Waals surface area contributed by atoms with Gasteiger partial charge in [0.05, 0.1) is 25.4 Å². The molecule has 8 nitrogen and oxygen atoms in total. The number of ether oxygens (including phenoxy) is 3. The summed E-state index contributed by atoms with van der Waals surface area (Å²) in [4.78, 5) is 29.9. The third-order valence-electron chi connectivity index (χ3n) is 6.42. The number of hydrogen-bond donors (Lipinski definition) is 2. The minimum absolute atomic E-state index is 0.186. The van der Waals surface area contributed by atoms with Crippen LogP contribution in [0.25, 0.3) is 10.9 Å². The maximum absolute atomic E-state index is 15.0. The Balaban J connectivity index is 1.35. The van der Waals surface area contributed by atoms with Crippen molar-refractivity contribution >= 4 is 34.1 Å². The lowest BCUT2D eigenvalue weighted by molar-refractivity contribution is -0.131. The summed E-state index contributed by atoms with van der Waals surface area (Å²) in [6.07, 6.45) is 1.89. The smallest absolute Gasteiger partial charge is 0.240 e. The van der Waals surface area contributed by atoms with Crippen LogP contribution in [0.3, 0.4) is 0 Å². The number of amides is 2. The van der Waals surface area contributed by atoms with E-state index in [9.17, 15) is 18.4 Å². The summed E-state index contributed by atoms with van der Waals surface area (Å²) < 4.78 is 59.4. The first kappa shape index (κ1) is 25.8. The van der Waals surface area contributed by atoms with E-state index in [0.29, 0.717) is 28.1 Å². The average Bonchev–Trinajstić information content (AvgIpc) is 3.74. The maximum Gasteiger partial charge on any atom is 0.240 e. The summed E-state index contributed by atoms with van der Waals surface area (Å²) in [5.41, 5.74) is -1.11. The number of carbonyl (C=O) groups is 2. The van der Waals surface area contributed by atoms with Crippen LogP contribution in [0.15, 0.2) is 60.8 Å². The van der Waals surface area contributed by atoms with Crippen LogP contribution >= 0.6 is 0 Å². The minimum atomic E-state index is -1.44. The standard InChI is InChI=1S/C28H22F3N3O5/c1-37-24-11-17-20(14-25(24)38-2)32-10-7-22(17)39-23-13-18(30)21(12-19(23)31)34-27(36)28(8-9-28)26(35)33-16-5-3-15(29)4-6-16/h3-7,10-14H,8-9H2,1-2H3,(H,33,35)(H,34,36). The molecule has 200 valence electrons. The van der Waals surface area contributed by atoms with Gasteiger partial charge in [-0.3, -0.25) is 14.6 Å². The van der Waals surface area contributed by atoms with Gasteiger partial charge in [-0.05, 0) is 49.2 Å². The van der Waals surface area contributed by atoms with Crippen LogP contribution in [0.5, 0.6) is 23.0 Å². The van der Waals surface area contributed by atoms with E-state index in [0.717, 1.165) is 12.1 Å². The van der Waals surface area contributed by atoms with Crippen LogP contribution in [-0.4, -0.2) is 31.0 Å². The van der Waals surface area contributed by atoms with Gasteiger partial charge >= 0.3 is 0 Å². The molecular formula is C28H22F3N3O5. The van der Waals surface area contributed by atoms with Crippen LogP contribution in [0.4, 0.5) is 24.5 Å². The summed E-state index contributed by atoms with van der Waals surface area (Å²) >= 11 is 0. The molecule has 2 N–H and O–H groups in total. The SMILES string of the molecule is COc1cc2nccc(Oc3cc(F)c(NC(=O)C4(C(=O)Nc5ccc(F)cc5)CC4)cc3F)c2cc1OC. The van der Waals surface area contributed by atoms with Crippen molar-refractivity contribution in [1.29, 1.82) is 0 Å². The van der Waals surface area contributed by atoms with Crippen molar-refractivity contribution in [1.82, 2.24) is 4.98 Å². The minimum Gasteiger partial charge on any atom is -0.493 e. The van der Waals surface area contributed by atoms with Crippen molar-refractivity contribution in [2.45, 2.75) is 12.8 Å². The number of aromatic nitrogens is 1. The summed E-state index contributed by atoms with van der Waals surface area (Å²) in [6.45, 7) is 0. The highest BCUT2D eigenvalue weighted by atomic mass is 19.1. The third kappa shape index (κ3) is 5.02. The molecule has 1 saturated carbocycles. The Morgan fingerprint density at radius 3 is 2.13 bits per heavy atom. The molecule has 1 aliphatic rings. The highest BCUT2D eigenvalue weighted by Gasteiger charge is 2.56. The van der Waals surface area contributed by atoms with E-state index in [2.05, 4.69) is 15.6 Å². The second kappa shape index (κ2) is 10.2. The molecule has 1 aliphatic carbocycles. The number of fused-ring (bicyclic) bond motifs is 1. The molecule has 0 bridgehead atoms. The number of benzene rings is 3. The molecule has 1 aromatic heterocycles. The van der Waals surface area contributed by atoms with Gasteiger partial charge in [0.1, 0.15) is 17.0 Å². The second-order valence-corrected chi connectivity index (χ2v) is 8.90. The van der Waals surface area contributed by atoms with Crippen molar-refractivity contribution in [3.63, 3.8) is 0 Å². The van der Waals surface area contributed by atoms with E-state index in [1.165, 1.54) is 50.7 Å². The summed E-state index contributed by atoms with van der Waals surface area (Å²) in [6, 6.07) is 11.3. The normalized spacial score (nSPS) is 13.5. The van der Waals surface area contributed by atoms with Gasteiger partial charge in [-0.2, -0.15) is 0 Å². The van der Waals surface area contributed by atoms with Crippen LogP contribution in [0, 0.1) is 22.9 Å². The molecule has 2 amide bonds. The van der Waals surface area contributed by atoms with Crippen molar-refractivity contribution in [3.8, 4) is 23.0 Å². The zero-order valence-electron chi connectivity index (χ0n) is 20.8. The predicted octanol–water partition coefficient (Wildman–Crippen LogP) is 5.82. The zero-order valence-corrected chi connectivity index (χ0v) is 20.8. The second-order valence-electron chi connectivity index (χ2n) is 8.90. The fourth-order valence-electron chi connectivity index (χ4n) is 4.07. The molecule has 0 radical (unpaired) electrons. The molecule has 0 spiro atoms. The Morgan fingerprint density at radius 1 is 0.795 bits per heavy atom. The van der Waals surface area contributed by atoms with Crippen LogP contribution in [-0.2, 0) is 9.59 Å². The predicted molar refractivity (Wildman–Crippen MR) is 137 cm³/mol. The molecule has 0 saturated heterocycles. The third-order valence-corrected chi connectivity index (χ3v) is 6.42. The number of methoxy groups -OCH3 is 2. The molecule has 3 aromatic carbocycles. The lowest BCUT2D eigenvalue weighted by Gasteiger charge is -2.17. The molecule has 39 heavy (non-hydrogen) atoms. The molecule has 5 rings (SSSR count). The molecule has 0 unspecified atom stereocenters. The number of carbonyl (C=O) groups excluding carboxylic acids is 2. The van der Waals surface area contributed by atoms with Crippen molar-refractivity contribution in [3.05, 3.63) is 78.2 Å². The Labute approximate surface area is 220 Å². The van der Waals surface area contributed by atoms with E-state index in [1.807, 2.05) is 0 Å². The highest BCUT2D eigenvalue weighted by Crippen LogP contribution is 2.48. The van der Waals surface area contributed by atoms with Gasteiger partial charge in [0.25, 0.3) is 0 Å². The first-order valence-corrected chi connectivity index (χ1v) is 11.8. The zero-order chi connectivity index (χ0) is 27.7. The van der Waals surface area contributed by atoms with Gasteiger partial charge < -0.3 is 24.8 Å². The lowest BCUT2D eigenvalue weighted by Crippen LogP contribution is -2.35. The molecule has 0 aliphatic heterocycles. The first-order valence-electron chi connectivity index (χ1n) is 11.8. The Kier molecular flexibility index (Phi) is 6.73. The topological polar surface area (TPSA) is 98.8 Å². The van der Waals surface area contributed by atoms with Gasteiger partial charge in [0, 0.05) is 35.5 Å². The van der Waals surface area contributed by atoms with Crippen LogP contribution in [0.2, 0.25) is 0 Å². The van der Waals surface area contributed by atoms with Crippen LogP contribution in [0.1, 0.15) is 12.8 Å². The number of nitrogens with one attached hydrogen (secondary N) is 2. The fourth-order valence-corrected chi connectivity index (χ4v) is 4.07. The number of hydrogen-bond acceptors (Lipinski definition) is 6. The van der Waals surface area contributed by atoms with Gasteiger partial charge in [-0.1, -0.05) is 0 Å². The fraction of sp³-hybridized carbons (Fsp3) is 0.179. The lowest BCUT2D eigenvalue weighted by atomic mass is 10.0. The van der Waals surface area contributed by atoms with Gasteiger partial charge in [0.15, 0.2) is 28.9 Å². The van der Waals surface area contributed by atoms with E-state index in [1.54, 1.807) is 12.1 Å². The average molecular weight is 537 g/mol. The van der Waals surface area contributed by atoms with Crippen molar-refractivity contribution in [2.75, 3.05) is 24.9 Å². The van der Waals surface area contributed by atoms with E-state index in [4.69, 9.17) is 14.2 Å². The van der Waals surface area contributed by atoms with Gasteiger partial charge in [-0.15, -0.1) is 0 Å². The number of rotatable bonds is 8. The number of pyridine rings is 1. The van der Waals surface area contributed by atoms with E-state index in [-0.39, 0.29) is 18.6 Å². The van der Waals surface area contributed by atoms with Crippen molar-refractivity contribution < 1.29 is 37.0 Å². The Hall–Kier alpha value is -4.80. The molecule has 1 fully saturated rings. The monoisotopic (exact) mass is 537 g/mol. The number of nitrogens with zero attached hydrogens (tertiary/aromatic N) is 1. The largest absolute Gasteiger partial charge is 0.493 e. The van der Waals surface area contributed by atoms with Crippen LogP contribution < -0.4 is 24.8 Å². The quantitative estimate of drug-likeness (QED) is 0.275. The maximum atomic E-state index is 15.0. The number of halogens is 3. The van der Waals surface area contributed by atoms with E-state index < -0.39 is 46.1 Å². The van der Waals surface area contributed by atoms with Crippen molar-refractivity contribution in [2.24, 2.45) is 5.41 Å². The summed E-state index contributed by atoms with van der Waals surface area (Å²) in [7, 11) is 2.94. The highest BCUT2D eigenvalue weighted by molar-refractivity contribution is 6.17. The molecule has 11 heteroatoms. The molecular weight excluding hydrogens is 515 g/mol. The number of anilines is 2. The van der Waals surface area contributed by atoms with E-state index >= 15 is 4.39 Å². The van der Waals surface area contributed by atoms with Gasteiger partial charge in [-0.25, -0.2) is 13.2 Å². The Bertz CT molecular complexity index is 1590. The Morgan fingerprint density at radius 2 is 1.46 bits per heavy atom. The molecule has 1 heterocycles.